The molecule has 1 aliphatic heterocycles. The van der Waals surface area contributed by atoms with Crippen molar-refractivity contribution in [2.24, 2.45) is 10.7 Å². The van der Waals surface area contributed by atoms with E-state index < -0.39 is 0 Å². The van der Waals surface area contributed by atoms with Crippen molar-refractivity contribution in [3.8, 4) is 0 Å². The summed E-state index contributed by atoms with van der Waals surface area (Å²) in [4.78, 5) is 13.7. The topological polar surface area (TPSA) is 69.8 Å². The Kier molecular flexibility index (Phi) is 6.45. The van der Waals surface area contributed by atoms with Crippen LogP contribution in [-0.4, -0.2) is 55.1 Å². The molecule has 0 saturated carbocycles. The van der Waals surface area contributed by atoms with E-state index in [-0.39, 0.29) is 0 Å². The molecule has 0 aromatic carbocycles. The monoisotopic (exact) mass is 304 g/mol. The minimum absolute atomic E-state index is 0.511. The number of nitrogens with one attached hydrogen (secondary N) is 1. The number of aromatic nitrogens is 1. The Labute approximate surface area is 133 Å². The summed E-state index contributed by atoms with van der Waals surface area (Å²) in [6, 6.07) is 4.13. The van der Waals surface area contributed by atoms with Crippen molar-refractivity contribution >= 4 is 11.8 Å². The Morgan fingerprint density at radius 3 is 2.77 bits per heavy atom. The highest BCUT2D eigenvalue weighted by Gasteiger charge is 2.16. The SMILES string of the molecule is CCCNC(N)=NCc1ccnc(N2CCN(CC)CC2)c1. The number of pyridine rings is 1. The zero-order chi connectivity index (χ0) is 15.8. The third-order valence-corrected chi connectivity index (χ3v) is 3.94. The number of rotatable bonds is 6. The normalized spacial score (nSPS) is 16.8. The number of likely N-dealkylation sites (N-methyl/N-ethyl adjacent to an activating group) is 1. The molecule has 0 bridgehead atoms. The lowest BCUT2D eigenvalue weighted by Crippen LogP contribution is -2.46. The molecule has 0 spiro atoms. The molecule has 2 heterocycles. The lowest BCUT2D eigenvalue weighted by Gasteiger charge is -2.34. The number of aliphatic imine (C=N–C) groups is 1. The fourth-order valence-electron chi connectivity index (χ4n) is 2.51. The summed E-state index contributed by atoms with van der Waals surface area (Å²) in [6.45, 7) is 11.2. The standard InChI is InChI=1S/C16H28N6/c1-3-6-19-16(17)20-13-14-5-7-18-15(12-14)22-10-8-21(4-2)9-11-22/h5,7,12H,3-4,6,8-11,13H2,1-2H3,(H3,17,19,20). The number of hydrogen-bond acceptors (Lipinski definition) is 4. The van der Waals surface area contributed by atoms with Crippen LogP contribution in [0, 0.1) is 0 Å². The zero-order valence-electron chi connectivity index (χ0n) is 13.8. The van der Waals surface area contributed by atoms with Crippen LogP contribution in [0.15, 0.2) is 23.3 Å². The predicted molar refractivity (Wildman–Crippen MR) is 92.2 cm³/mol. The smallest absolute Gasteiger partial charge is 0.188 e. The lowest BCUT2D eigenvalue weighted by atomic mass is 10.2. The first-order valence-electron chi connectivity index (χ1n) is 8.19. The van der Waals surface area contributed by atoms with Crippen molar-refractivity contribution in [3.63, 3.8) is 0 Å². The second-order valence-electron chi connectivity index (χ2n) is 5.57. The van der Waals surface area contributed by atoms with Gasteiger partial charge in [0.1, 0.15) is 5.82 Å². The summed E-state index contributed by atoms with van der Waals surface area (Å²) in [5.74, 6) is 1.56. The molecule has 0 amide bonds. The second-order valence-corrected chi connectivity index (χ2v) is 5.57. The number of piperazine rings is 1. The van der Waals surface area contributed by atoms with E-state index in [0.29, 0.717) is 12.5 Å². The van der Waals surface area contributed by atoms with Gasteiger partial charge >= 0.3 is 0 Å². The van der Waals surface area contributed by atoms with Gasteiger partial charge in [0.05, 0.1) is 6.54 Å². The molecular formula is C16H28N6. The molecule has 0 radical (unpaired) electrons. The van der Waals surface area contributed by atoms with Crippen molar-refractivity contribution < 1.29 is 0 Å². The molecule has 2 rings (SSSR count). The van der Waals surface area contributed by atoms with Crippen LogP contribution in [-0.2, 0) is 6.54 Å². The molecule has 1 aromatic heterocycles. The molecule has 122 valence electrons. The molecule has 1 fully saturated rings. The molecule has 1 aliphatic rings. The van der Waals surface area contributed by atoms with E-state index >= 15 is 0 Å². The summed E-state index contributed by atoms with van der Waals surface area (Å²) in [6.07, 6.45) is 2.90. The Balaban J connectivity index is 1.92. The van der Waals surface area contributed by atoms with Crippen molar-refractivity contribution in [1.82, 2.24) is 15.2 Å². The van der Waals surface area contributed by atoms with E-state index in [1.54, 1.807) is 0 Å². The molecule has 0 unspecified atom stereocenters. The Bertz CT molecular complexity index is 479. The fraction of sp³-hybridized carbons (Fsp3) is 0.625. The molecule has 6 heteroatoms. The van der Waals surface area contributed by atoms with Crippen LogP contribution in [0.4, 0.5) is 5.82 Å². The van der Waals surface area contributed by atoms with Gasteiger partial charge < -0.3 is 20.9 Å². The fourth-order valence-corrected chi connectivity index (χ4v) is 2.51. The van der Waals surface area contributed by atoms with Gasteiger partial charge in [0, 0.05) is 38.9 Å². The van der Waals surface area contributed by atoms with Crippen LogP contribution in [0.5, 0.6) is 0 Å². The molecule has 22 heavy (non-hydrogen) atoms. The first kappa shape index (κ1) is 16.5. The van der Waals surface area contributed by atoms with Crippen LogP contribution < -0.4 is 16.0 Å². The molecular weight excluding hydrogens is 276 g/mol. The van der Waals surface area contributed by atoms with Crippen molar-refractivity contribution in [1.29, 1.82) is 0 Å². The Hall–Kier alpha value is -1.82. The number of hydrogen-bond donors (Lipinski definition) is 2. The maximum atomic E-state index is 5.83. The highest BCUT2D eigenvalue weighted by Crippen LogP contribution is 2.15. The summed E-state index contributed by atoms with van der Waals surface area (Å²) in [5, 5.41) is 3.09. The number of guanidine groups is 1. The largest absolute Gasteiger partial charge is 0.370 e. The Morgan fingerprint density at radius 1 is 1.32 bits per heavy atom. The molecule has 1 aromatic rings. The highest BCUT2D eigenvalue weighted by atomic mass is 15.3. The van der Waals surface area contributed by atoms with Gasteiger partial charge in [-0.2, -0.15) is 0 Å². The van der Waals surface area contributed by atoms with Crippen molar-refractivity contribution in [2.45, 2.75) is 26.8 Å². The number of nitrogens with zero attached hydrogens (tertiary/aromatic N) is 4. The van der Waals surface area contributed by atoms with Crippen molar-refractivity contribution in [3.05, 3.63) is 23.9 Å². The van der Waals surface area contributed by atoms with Crippen LogP contribution in [0.25, 0.3) is 0 Å². The van der Waals surface area contributed by atoms with Crippen LogP contribution in [0.1, 0.15) is 25.8 Å². The van der Waals surface area contributed by atoms with Gasteiger partial charge in [0.25, 0.3) is 0 Å². The zero-order valence-corrected chi connectivity index (χ0v) is 13.8. The van der Waals surface area contributed by atoms with Gasteiger partial charge in [-0.25, -0.2) is 9.98 Å². The van der Waals surface area contributed by atoms with Crippen molar-refractivity contribution in [2.75, 3.05) is 44.2 Å². The summed E-state index contributed by atoms with van der Waals surface area (Å²) in [7, 11) is 0. The summed E-state index contributed by atoms with van der Waals surface area (Å²) < 4.78 is 0. The minimum atomic E-state index is 0.511. The van der Waals surface area contributed by atoms with Crippen LogP contribution in [0.3, 0.4) is 0 Å². The third kappa shape index (κ3) is 4.87. The van der Waals surface area contributed by atoms with Gasteiger partial charge in [-0.05, 0) is 30.7 Å². The number of anilines is 1. The maximum absolute atomic E-state index is 5.83. The van der Waals surface area contributed by atoms with Gasteiger partial charge in [-0.1, -0.05) is 13.8 Å². The predicted octanol–water partition coefficient (Wildman–Crippen LogP) is 1.04. The number of nitrogens with two attached hydrogens (primary N) is 1. The highest BCUT2D eigenvalue weighted by molar-refractivity contribution is 5.77. The lowest BCUT2D eigenvalue weighted by molar-refractivity contribution is 0.270. The van der Waals surface area contributed by atoms with E-state index in [9.17, 15) is 0 Å². The maximum Gasteiger partial charge on any atom is 0.188 e. The minimum Gasteiger partial charge on any atom is -0.370 e. The third-order valence-electron chi connectivity index (χ3n) is 3.94. The molecule has 0 aliphatic carbocycles. The average molecular weight is 304 g/mol. The molecule has 0 atom stereocenters. The summed E-state index contributed by atoms with van der Waals surface area (Å²) >= 11 is 0. The van der Waals surface area contributed by atoms with Gasteiger partial charge in [0.15, 0.2) is 5.96 Å². The van der Waals surface area contributed by atoms with E-state index in [4.69, 9.17) is 5.73 Å². The van der Waals surface area contributed by atoms with Gasteiger partial charge in [0.2, 0.25) is 0 Å². The van der Waals surface area contributed by atoms with Gasteiger partial charge in [-0.3, -0.25) is 0 Å². The molecule has 1 saturated heterocycles. The second kappa shape index (κ2) is 8.58. The average Bonchev–Trinajstić information content (AvgIpc) is 2.58. The van der Waals surface area contributed by atoms with Gasteiger partial charge in [-0.15, -0.1) is 0 Å². The van der Waals surface area contributed by atoms with E-state index in [1.165, 1.54) is 0 Å². The summed E-state index contributed by atoms with van der Waals surface area (Å²) in [5.41, 5.74) is 6.97. The van der Waals surface area contributed by atoms with Crippen LogP contribution >= 0.6 is 0 Å². The van der Waals surface area contributed by atoms with E-state index in [0.717, 1.165) is 57.1 Å². The molecule has 6 nitrogen and oxygen atoms in total. The first-order chi connectivity index (χ1) is 10.7. The molecule has 3 N–H and O–H groups in total. The van der Waals surface area contributed by atoms with E-state index in [2.05, 4.69) is 45.0 Å². The van der Waals surface area contributed by atoms with E-state index in [1.807, 2.05) is 12.3 Å². The quantitative estimate of drug-likeness (QED) is 0.607. The Morgan fingerprint density at radius 2 is 2.09 bits per heavy atom. The first-order valence-corrected chi connectivity index (χ1v) is 8.19. The van der Waals surface area contributed by atoms with Crippen LogP contribution in [0.2, 0.25) is 0 Å².